The molecule has 5 heteroatoms. The normalized spacial score (nSPS) is 18.9. The van der Waals surface area contributed by atoms with Crippen LogP contribution in [0, 0.1) is 5.82 Å². The molecule has 1 atom stereocenters. The van der Waals surface area contributed by atoms with Crippen LogP contribution in [0.4, 0.5) is 14.9 Å². The lowest BCUT2D eigenvalue weighted by Crippen LogP contribution is -2.48. The highest BCUT2D eigenvalue weighted by molar-refractivity contribution is 5.68. The quantitative estimate of drug-likeness (QED) is 0.916. The van der Waals surface area contributed by atoms with Gasteiger partial charge in [-0.15, -0.1) is 0 Å². The van der Waals surface area contributed by atoms with E-state index in [9.17, 15) is 9.18 Å². The SMILES string of the molecule is CC(C)(C)OC(=O)N1CCCC[C@@H]1CNc1ccccc1F. The first-order valence-electron chi connectivity index (χ1n) is 7.85. The van der Waals surface area contributed by atoms with Crippen molar-refractivity contribution < 1.29 is 13.9 Å². The van der Waals surface area contributed by atoms with Gasteiger partial charge in [0, 0.05) is 13.1 Å². The maximum atomic E-state index is 13.7. The van der Waals surface area contributed by atoms with Gasteiger partial charge in [0.05, 0.1) is 11.7 Å². The number of benzene rings is 1. The molecule has 1 N–H and O–H groups in total. The smallest absolute Gasteiger partial charge is 0.410 e. The number of halogens is 1. The van der Waals surface area contributed by atoms with E-state index in [1.165, 1.54) is 6.07 Å². The molecule has 1 aromatic rings. The molecular formula is C17H25FN2O2. The number of hydrogen-bond donors (Lipinski definition) is 1. The van der Waals surface area contributed by atoms with Gasteiger partial charge in [0.25, 0.3) is 0 Å². The van der Waals surface area contributed by atoms with Crippen LogP contribution in [0.5, 0.6) is 0 Å². The third kappa shape index (κ3) is 4.61. The minimum absolute atomic E-state index is 0.0307. The van der Waals surface area contributed by atoms with Crippen LogP contribution in [-0.4, -0.2) is 35.7 Å². The topological polar surface area (TPSA) is 41.6 Å². The lowest BCUT2D eigenvalue weighted by atomic mass is 10.0. The van der Waals surface area contributed by atoms with Crippen molar-refractivity contribution in [1.29, 1.82) is 0 Å². The summed E-state index contributed by atoms with van der Waals surface area (Å²) < 4.78 is 19.1. The number of likely N-dealkylation sites (tertiary alicyclic amines) is 1. The highest BCUT2D eigenvalue weighted by Gasteiger charge is 2.30. The van der Waals surface area contributed by atoms with Gasteiger partial charge in [-0.1, -0.05) is 12.1 Å². The number of hydrogen-bond acceptors (Lipinski definition) is 3. The lowest BCUT2D eigenvalue weighted by molar-refractivity contribution is 0.0114. The second-order valence-corrected chi connectivity index (χ2v) is 6.68. The summed E-state index contributed by atoms with van der Waals surface area (Å²) in [7, 11) is 0. The molecule has 1 saturated heterocycles. The van der Waals surface area contributed by atoms with E-state index in [4.69, 9.17) is 4.74 Å². The summed E-state index contributed by atoms with van der Waals surface area (Å²) in [6.45, 7) is 6.81. The first kappa shape index (κ1) is 16.6. The van der Waals surface area contributed by atoms with Crippen molar-refractivity contribution in [2.75, 3.05) is 18.4 Å². The minimum atomic E-state index is -0.502. The Morgan fingerprint density at radius 3 is 2.77 bits per heavy atom. The van der Waals surface area contributed by atoms with Crippen LogP contribution in [0.2, 0.25) is 0 Å². The average Bonchev–Trinajstić information content (AvgIpc) is 2.45. The molecule has 0 radical (unpaired) electrons. The number of amides is 1. The number of ether oxygens (including phenoxy) is 1. The molecule has 122 valence electrons. The third-order valence-electron chi connectivity index (χ3n) is 3.66. The van der Waals surface area contributed by atoms with Gasteiger partial charge in [-0.2, -0.15) is 0 Å². The maximum Gasteiger partial charge on any atom is 0.410 e. The van der Waals surface area contributed by atoms with Gasteiger partial charge in [-0.3, -0.25) is 0 Å². The van der Waals surface area contributed by atoms with Crippen molar-refractivity contribution in [2.45, 2.75) is 51.7 Å². The Morgan fingerprint density at radius 2 is 2.09 bits per heavy atom. The maximum absolute atomic E-state index is 13.7. The van der Waals surface area contributed by atoms with E-state index in [1.54, 1.807) is 23.1 Å². The Labute approximate surface area is 131 Å². The molecule has 0 saturated carbocycles. The molecule has 0 aromatic heterocycles. The van der Waals surface area contributed by atoms with Gasteiger partial charge in [-0.25, -0.2) is 9.18 Å². The first-order chi connectivity index (χ1) is 10.4. The second kappa shape index (κ2) is 6.99. The zero-order valence-electron chi connectivity index (χ0n) is 13.6. The van der Waals surface area contributed by atoms with Gasteiger partial charge in [0.15, 0.2) is 0 Å². The number of nitrogens with one attached hydrogen (secondary N) is 1. The zero-order chi connectivity index (χ0) is 16.2. The van der Waals surface area contributed by atoms with Gasteiger partial charge in [0.2, 0.25) is 0 Å². The average molecular weight is 308 g/mol. The fourth-order valence-electron chi connectivity index (χ4n) is 2.61. The van der Waals surface area contributed by atoms with E-state index in [2.05, 4.69) is 5.32 Å². The van der Waals surface area contributed by atoms with E-state index in [0.29, 0.717) is 18.8 Å². The van der Waals surface area contributed by atoms with Crippen LogP contribution in [0.15, 0.2) is 24.3 Å². The largest absolute Gasteiger partial charge is 0.444 e. The molecule has 4 nitrogen and oxygen atoms in total. The van der Waals surface area contributed by atoms with Crippen molar-refractivity contribution in [3.63, 3.8) is 0 Å². The number of rotatable bonds is 3. The summed E-state index contributed by atoms with van der Waals surface area (Å²) in [4.78, 5) is 14.1. The van der Waals surface area contributed by atoms with E-state index < -0.39 is 5.60 Å². The standard InChI is InChI=1S/C17H25FN2O2/c1-17(2,3)22-16(21)20-11-7-6-8-13(20)12-19-15-10-5-4-9-14(15)18/h4-5,9-10,13,19H,6-8,11-12H2,1-3H3/t13-/m1/s1. The van der Waals surface area contributed by atoms with E-state index in [-0.39, 0.29) is 18.0 Å². The second-order valence-electron chi connectivity index (χ2n) is 6.68. The van der Waals surface area contributed by atoms with Crippen LogP contribution in [-0.2, 0) is 4.74 Å². The van der Waals surface area contributed by atoms with E-state index >= 15 is 0 Å². The number of para-hydroxylation sites is 1. The number of carbonyl (C=O) groups is 1. The molecule has 2 rings (SSSR count). The fraction of sp³-hybridized carbons (Fsp3) is 0.588. The number of carbonyl (C=O) groups excluding carboxylic acids is 1. The first-order valence-corrected chi connectivity index (χ1v) is 7.85. The molecule has 1 aliphatic rings. The van der Waals surface area contributed by atoms with Crippen molar-refractivity contribution in [3.05, 3.63) is 30.1 Å². The van der Waals surface area contributed by atoms with E-state index in [0.717, 1.165) is 19.3 Å². The Kier molecular flexibility index (Phi) is 5.27. The van der Waals surface area contributed by atoms with Gasteiger partial charge < -0.3 is 15.0 Å². The van der Waals surface area contributed by atoms with Crippen molar-refractivity contribution in [3.8, 4) is 0 Å². The third-order valence-corrected chi connectivity index (χ3v) is 3.66. The summed E-state index contributed by atoms with van der Waals surface area (Å²) in [5.74, 6) is -0.276. The van der Waals surface area contributed by atoms with Gasteiger partial charge in [-0.05, 0) is 52.2 Å². The van der Waals surface area contributed by atoms with Crippen molar-refractivity contribution in [2.24, 2.45) is 0 Å². The molecule has 22 heavy (non-hydrogen) atoms. The summed E-state index contributed by atoms with van der Waals surface area (Å²) in [5.41, 5.74) is -0.0323. The Hall–Kier alpha value is -1.78. The summed E-state index contributed by atoms with van der Waals surface area (Å²) in [6.07, 6.45) is 2.67. The van der Waals surface area contributed by atoms with Crippen LogP contribution < -0.4 is 5.32 Å². The molecule has 1 amide bonds. The van der Waals surface area contributed by atoms with Crippen LogP contribution in [0.3, 0.4) is 0 Å². The molecule has 0 bridgehead atoms. The molecule has 1 aliphatic heterocycles. The van der Waals surface area contributed by atoms with Crippen LogP contribution in [0.1, 0.15) is 40.0 Å². The molecule has 0 unspecified atom stereocenters. The minimum Gasteiger partial charge on any atom is -0.444 e. The van der Waals surface area contributed by atoms with Gasteiger partial charge >= 0.3 is 6.09 Å². The highest BCUT2D eigenvalue weighted by atomic mass is 19.1. The predicted octanol–water partition coefficient (Wildman–Crippen LogP) is 4.03. The Morgan fingerprint density at radius 1 is 1.36 bits per heavy atom. The van der Waals surface area contributed by atoms with Crippen LogP contribution >= 0.6 is 0 Å². The van der Waals surface area contributed by atoms with Crippen LogP contribution in [0.25, 0.3) is 0 Å². The highest BCUT2D eigenvalue weighted by Crippen LogP contribution is 2.21. The summed E-state index contributed by atoms with van der Waals surface area (Å²) >= 11 is 0. The molecule has 1 heterocycles. The number of nitrogens with zero attached hydrogens (tertiary/aromatic N) is 1. The Balaban J connectivity index is 1.98. The number of anilines is 1. The molecule has 1 fully saturated rings. The molecule has 0 spiro atoms. The van der Waals surface area contributed by atoms with Crippen molar-refractivity contribution in [1.82, 2.24) is 4.90 Å². The van der Waals surface area contributed by atoms with E-state index in [1.807, 2.05) is 20.8 Å². The lowest BCUT2D eigenvalue weighted by Gasteiger charge is -2.37. The van der Waals surface area contributed by atoms with Gasteiger partial charge in [0.1, 0.15) is 11.4 Å². The molecule has 1 aromatic carbocycles. The molecule has 0 aliphatic carbocycles. The monoisotopic (exact) mass is 308 g/mol. The zero-order valence-corrected chi connectivity index (χ0v) is 13.6. The summed E-state index contributed by atoms with van der Waals surface area (Å²) in [6, 6.07) is 6.61. The number of piperidine rings is 1. The fourth-order valence-corrected chi connectivity index (χ4v) is 2.61. The predicted molar refractivity (Wildman–Crippen MR) is 85.5 cm³/mol. The summed E-state index contributed by atoms with van der Waals surface area (Å²) in [5, 5.41) is 3.11. The molecular weight excluding hydrogens is 283 g/mol. The van der Waals surface area contributed by atoms with Crippen molar-refractivity contribution >= 4 is 11.8 Å². The Bertz CT molecular complexity index is 514.